The van der Waals surface area contributed by atoms with Gasteiger partial charge in [0.1, 0.15) is 11.6 Å². The quantitative estimate of drug-likeness (QED) is 0.424. The average molecular weight is 606 g/mol. The largest absolute Gasteiger partial charge is 0.469 e. The molecule has 3 aliphatic rings. The van der Waals surface area contributed by atoms with E-state index in [-0.39, 0.29) is 30.1 Å². The van der Waals surface area contributed by atoms with Crippen LogP contribution in [0.3, 0.4) is 0 Å². The molecule has 0 aliphatic carbocycles. The van der Waals surface area contributed by atoms with Crippen LogP contribution in [-0.2, 0) is 9.53 Å². The highest BCUT2D eigenvalue weighted by Gasteiger charge is 2.42. The lowest BCUT2D eigenvalue weighted by Gasteiger charge is -2.35. The molecule has 0 radical (unpaired) electrons. The first-order valence-corrected chi connectivity index (χ1v) is 14.4. The van der Waals surface area contributed by atoms with Gasteiger partial charge in [-0.1, -0.05) is 12.1 Å². The van der Waals surface area contributed by atoms with Crippen molar-refractivity contribution >= 4 is 29.1 Å². The summed E-state index contributed by atoms with van der Waals surface area (Å²) in [5.74, 6) is -1.37. The summed E-state index contributed by atoms with van der Waals surface area (Å²) in [6.45, 7) is 3.42. The number of rotatable bonds is 6. The Morgan fingerprint density at radius 3 is 2.44 bits per heavy atom. The lowest BCUT2D eigenvalue weighted by Crippen LogP contribution is -2.50. The number of piperazine rings is 1. The number of nitrogens with one attached hydrogen (secondary N) is 2. The average Bonchev–Trinajstić information content (AvgIpc) is 3.36. The van der Waals surface area contributed by atoms with Crippen LogP contribution in [0.15, 0.2) is 53.9 Å². The van der Waals surface area contributed by atoms with Crippen LogP contribution in [0.1, 0.15) is 25.7 Å². The van der Waals surface area contributed by atoms with E-state index in [0.29, 0.717) is 58.1 Å². The molecule has 43 heavy (non-hydrogen) atoms. The summed E-state index contributed by atoms with van der Waals surface area (Å²) in [7, 11) is 0. The van der Waals surface area contributed by atoms with Gasteiger partial charge < -0.3 is 30.9 Å². The summed E-state index contributed by atoms with van der Waals surface area (Å²) in [6.07, 6.45) is -2.82. The van der Waals surface area contributed by atoms with E-state index in [0.717, 1.165) is 6.42 Å². The van der Waals surface area contributed by atoms with Gasteiger partial charge in [0.05, 0.1) is 23.1 Å². The van der Waals surface area contributed by atoms with Crippen LogP contribution in [0.4, 0.5) is 39.5 Å². The van der Waals surface area contributed by atoms with Gasteiger partial charge in [-0.05, 0) is 62.4 Å². The number of pyridine rings is 1. The van der Waals surface area contributed by atoms with E-state index in [1.165, 1.54) is 24.4 Å². The minimum absolute atomic E-state index is 0.105. The Morgan fingerprint density at radius 2 is 1.79 bits per heavy atom. The summed E-state index contributed by atoms with van der Waals surface area (Å²) in [5.41, 5.74) is 5.13. The minimum atomic E-state index is -4.71. The van der Waals surface area contributed by atoms with E-state index in [9.17, 15) is 27.2 Å². The normalized spacial score (nSPS) is 21.8. The van der Waals surface area contributed by atoms with Gasteiger partial charge >= 0.3 is 12.2 Å². The topological polar surface area (TPSA) is 116 Å². The van der Waals surface area contributed by atoms with Crippen molar-refractivity contribution in [3.05, 3.63) is 59.7 Å². The molecule has 4 heterocycles. The van der Waals surface area contributed by atoms with Crippen LogP contribution in [0.5, 0.6) is 0 Å². The van der Waals surface area contributed by atoms with Crippen molar-refractivity contribution in [1.82, 2.24) is 14.8 Å². The van der Waals surface area contributed by atoms with Crippen LogP contribution in [0, 0.1) is 11.7 Å². The molecule has 2 atom stereocenters. The van der Waals surface area contributed by atoms with Crippen molar-refractivity contribution in [3.8, 4) is 0 Å². The Labute approximate surface area is 246 Å². The molecule has 3 amide bonds. The lowest BCUT2D eigenvalue weighted by molar-refractivity contribution is -0.124. The molecule has 2 fully saturated rings. The van der Waals surface area contributed by atoms with Crippen molar-refractivity contribution in [2.45, 2.75) is 38.1 Å². The van der Waals surface area contributed by atoms with Crippen molar-refractivity contribution < 1.29 is 31.9 Å². The number of nitrogens with zero attached hydrogens (tertiary/aromatic N) is 4. The number of nitrogens with two attached hydrogens (primary N) is 1. The van der Waals surface area contributed by atoms with E-state index >= 15 is 0 Å². The highest BCUT2D eigenvalue weighted by molar-refractivity contribution is 6.03. The highest BCUT2D eigenvalue weighted by Crippen LogP contribution is 2.37. The van der Waals surface area contributed by atoms with Gasteiger partial charge in [-0.3, -0.25) is 9.69 Å². The Hall–Kier alpha value is -3.91. The number of amides is 3. The number of aromatic nitrogens is 1. The maximum Gasteiger partial charge on any atom is 0.416 e. The Kier molecular flexibility index (Phi) is 9.35. The summed E-state index contributed by atoms with van der Waals surface area (Å²) >= 11 is 0. The first kappa shape index (κ1) is 30.5. The first-order chi connectivity index (χ1) is 20.6. The second kappa shape index (κ2) is 13.2. The van der Waals surface area contributed by atoms with Crippen molar-refractivity contribution in [1.29, 1.82) is 0 Å². The number of halogens is 4. The molecule has 232 valence electrons. The molecule has 1 aromatic carbocycles. The molecule has 0 saturated carbocycles. The van der Waals surface area contributed by atoms with E-state index in [4.69, 9.17) is 10.5 Å². The van der Waals surface area contributed by atoms with Gasteiger partial charge in [0.25, 0.3) is 5.91 Å². The number of likely N-dealkylation sites (tertiary alicyclic amines) is 1. The molecule has 10 nitrogen and oxygen atoms in total. The molecule has 0 spiro atoms. The Morgan fingerprint density at radius 1 is 1.02 bits per heavy atom. The van der Waals surface area contributed by atoms with E-state index < -0.39 is 41.5 Å². The van der Waals surface area contributed by atoms with Crippen LogP contribution in [0.2, 0.25) is 0 Å². The SMILES string of the molecule is NCC1CCN(C2CCCC(C(F)(F)F)=C(C(=O)Nc3ccc(N4CCN(C(=O)Nc5ccccc5F)CC4)nc3)O2)C1. The number of hydrogen-bond donors (Lipinski definition) is 3. The monoisotopic (exact) mass is 605 g/mol. The zero-order valence-corrected chi connectivity index (χ0v) is 23.6. The lowest BCUT2D eigenvalue weighted by atomic mass is 10.1. The molecule has 0 bridgehead atoms. The summed E-state index contributed by atoms with van der Waals surface area (Å²) in [6, 6.07) is 8.73. The molecule has 2 aromatic rings. The molecule has 2 saturated heterocycles. The van der Waals surface area contributed by atoms with E-state index in [1.807, 2.05) is 9.80 Å². The number of allylic oxidation sites excluding steroid dienone is 1. The van der Waals surface area contributed by atoms with Gasteiger partial charge in [-0.15, -0.1) is 0 Å². The second-order valence-corrected chi connectivity index (χ2v) is 10.9. The van der Waals surface area contributed by atoms with Gasteiger partial charge in [0, 0.05) is 39.3 Å². The third-order valence-corrected chi connectivity index (χ3v) is 8.02. The molecule has 14 heteroatoms. The number of ether oxygens (including phenoxy) is 1. The highest BCUT2D eigenvalue weighted by atomic mass is 19.4. The maximum atomic E-state index is 13.9. The molecule has 5 rings (SSSR count). The van der Waals surface area contributed by atoms with E-state index in [1.54, 1.807) is 23.1 Å². The second-order valence-electron chi connectivity index (χ2n) is 10.9. The fourth-order valence-corrected chi connectivity index (χ4v) is 5.60. The number of carbonyl (C=O) groups excluding carboxylic acids is 2. The molecular weight excluding hydrogens is 570 g/mol. The van der Waals surface area contributed by atoms with Crippen LogP contribution < -0.4 is 21.3 Å². The van der Waals surface area contributed by atoms with Gasteiger partial charge in [0.15, 0.2) is 12.0 Å². The third-order valence-electron chi connectivity index (χ3n) is 8.02. The molecule has 2 unspecified atom stereocenters. The number of para-hydroxylation sites is 1. The predicted octanol–water partition coefficient (Wildman–Crippen LogP) is 4.14. The van der Waals surface area contributed by atoms with E-state index in [2.05, 4.69) is 15.6 Å². The molecule has 3 aliphatic heterocycles. The number of benzene rings is 1. The van der Waals surface area contributed by atoms with Gasteiger partial charge in [-0.25, -0.2) is 14.2 Å². The molecule has 1 aromatic heterocycles. The number of alkyl halides is 3. The summed E-state index contributed by atoms with van der Waals surface area (Å²) < 4.78 is 61.5. The van der Waals surface area contributed by atoms with Crippen LogP contribution >= 0.6 is 0 Å². The van der Waals surface area contributed by atoms with Crippen molar-refractivity contribution in [3.63, 3.8) is 0 Å². The molecule has 4 N–H and O–H groups in total. The van der Waals surface area contributed by atoms with Crippen molar-refractivity contribution in [2.24, 2.45) is 11.7 Å². The number of anilines is 3. The zero-order chi connectivity index (χ0) is 30.6. The first-order valence-electron chi connectivity index (χ1n) is 14.4. The van der Waals surface area contributed by atoms with Gasteiger partial charge in [0.2, 0.25) is 0 Å². The van der Waals surface area contributed by atoms with Crippen LogP contribution in [-0.4, -0.2) is 84.9 Å². The Balaban J connectivity index is 1.20. The molecular formula is C29H35F4N7O3. The summed E-state index contributed by atoms with van der Waals surface area (Å²) in [5, 5.41) is 5.09. The predicted molar refractivity (Wildman–Crippen MR) is 153 cm³/mol. The fraction of sp³-hybridized carbons (Fsp3) is 0.483. The number of carbonyl (C=O) groups is 2. The Bertz CT molecular complexity index is 1330. The van der Waals surface area contributed by atoms with Gasteiger partial charge in [-0.2, -0.15) is 13.2 Å². The smallest absolute Gasteiger partial charge is 0.416 e. The maximum absolute atomic E-state index is 13.9. The van der Waals surface area contributed by atoms with Crippen LogP contribution in [0.25, 0.3) is 0 Å². The standard InChI is InChI=1S/C29H35F4N7O3/c30-22-5-1-2-6-23(22)37-28(42)39-14-12-38(13-15-39)24-9-8-20(17-35-24)36-27(41)26-21(29(31,32)33)4-3-7-25(43-26)40-11-10-19(16-34)18-40/h1-2,5-6,8-9,17,19,25H,3-4,7,10-16,18,34H2,(H,36,41)(H,37,42). The minimum Gasteiger partial charge on any atom is -0.469 e. The fourth-order valence-electron chi connectivity index (χ4n) is 5.60. The zero-order valence-electron chi connectivity index (χ0n) is 23.6. The number of hydrogen-bond acceptors (Lipinski definition) is 7. The summed E-state index contributed by atoms with van der Waals surface area (Å²) in [4.78, 5) is 35.6. The third kappa shape index (κ3) is 7.36. The number of urea groups is 1. The van der Waals surface area contributed by atoms with Crippen molar-refractivity contribution in [2.75, 3.05) is 61.3 Å².